The van der Waals surface area contributed by atoms with Crippen molar-refractivity contribution in [1.82, 2.24) is 14.4 Å². The molecule has 0 fully saturated rings. The molecule has 0 aromatic carbocycles. The second-order valence-corrected chi connectivity index (χ2v) is 4.78. The molecule has 3 aromatic heterocycles. The standard InChI is InChI=1S/C11H9N3O2S/c1-6-3-14-4-8(16-11(14)12-6)10-13-7(2)9(5-15)17-10/h3-5H,1-2H3. The van der Waals surface area contributed by atoms with Crippen LogP contribution in [0, 0.1) is 13.8 Å². The Labute approximate surface area is 101 Å². The monoisotopic (exact) mass is 247 g/mol. The van der Waals surface area contributed by atoms with E-state index in [9.17, 15) is 4.79 Å². The van der Waals surface area contributed by atoms with E-state index >= 15 is 0 Å². The Bertz CT molecular complexity index is 676. The lowest BCUT2D eigenvalue weighted by molar-refractivity contribution is 0.112. The molecule has 0 radical (unpaired) electrons. The Balaban J connectivity index is 2.12. The smallest absolute Gasteiger partial charge is 0.306 e. The Morgan fingerprint density at radius 2 is 2.18 bits per heavy atom. The second-order valence-electron chi connectivity index (χ2n) is 3.75. The molecule has 3 aromatic rings. The van der Waals surface area contributed by atoms with Gasteiger partial charge in [-0.05, 0) is 13.8 Å². The van der Waals surface area contributed by atoms with Crippen LogP contribution in [0.2, 0.25) is 0 Å². The number of rotatable bonds is 2. The number of hydrogen-bond acceptors (Lipinski definition) is 5. The fourth-order valence-electron chi connectivity index (χ4n) is 1.63. The summed E-state index contributed by atoms with van der Waals surface area (Å²) in [5.41, 5.74) is 1.63. The molecule has 0 aliphatic heterocycles. The van der Waals surface area contributed by atoms with Crippen molar-refractivity contribution in [2.75, 3.05) is 0 Å². The average Bonchev–Trinajstić information content (AvgIpc) is 2.89. The fraction of sp³-hybridized carbons (Fsp3) is 0.182. The molecular formula is C11H9N3O2S. The van der Waals surface area contributed by atoms with Crippen LogP contribution in [0.1, 0.15) is 21.1 Å². The SMILES string of the molecule is Cc1cn2cc(-c3nc(C)c(C=O)s3)oc2n1. The molecule has 5 nitrogen and oxygen atoms in total. The summed E-state index contributed by atoms with van der Waals surface area (Å²) in [6, 6.07) is 0. The van der Waals surface area contributed by atoms with Crippen molar-refractivity contribution < 1.29 is 9.21 Å². The summed E-state index contributed by atoms with van der Waals surface area (Å²) in [5, 5.41) is 0.702. The van der Waals surface area contributed by atoms with Gasteiger partial charge in [0.05, 0.1) is 22.5 Å². The van der Waals surface area contributed by atoms with Crippen LogP contribution in [-0.4, -0.2) is 20.7 Å². The van der Waals surface area contributed by atoms with Gasteiger partial charge >= 0.3 is 5.84 Å². The van der Waals surface area contributed by atoms with E-state index in [1.165, 1.54) is 11.3 Å². The molecule has 0 aliphatic carbocycles. The number of aromatic nitrogens is 3. The van der Waals surface area contributed by atoms with E-state index in [2.05, 4.69) is 9.97 Å². The number of aryl methyl sites for hydroxylation is 2. The minimum atomic E-state index is 0.540. The van der Waals surface area contributed by atoms with Crippen LogP contribution in [0.5, 0.6) is 0 Å². The van der Waals surface area contributed by atoms with Crippen molar-refractivity contribution in [2.24, 2.45) is 0 Å². The molecule has 3 heterocycles. The van der Waals surface area contributed by atoms with Gasteiger partial charge in [-0.3, -0.25) is 9.20 Å². The van der Waals surface area contributed by atoms with Crippen LogP contribution in [0.4, 0.5) is 0 Å². The van der Waals surface area contributed by atoms with Gasteiger partial charge in [0.25, 0.3) is 0 Å². The van der Waals surface area contributed by atoms with Gasteiger partial charge < -0.3 is 4.42 Å². The largest absolute Gasteiger partial charge is 0.420 e. The van der Waals surface area contributed by atoms with Gasteiger partial charge in [-0.25, -0.2) is 4.98 Å². The van der Waals surface area contributed by atoms with E-state index in [4.69, 9.17) is 4.42 Å². The molecule has 6 heteroatoms. The molecular weight excluding hydrogens is 238 g/mol. The lowest BCUT2D eigenvalue weighted by Crippen LogP contribution is -1.77. The van der Waals surface area contributed by atoms with Crippen molar-refractivity contribution in [2.45, 2.75) is 13.8 Å². The number of imidazole rings is 1. The number of aldehydes is 1. The summed E-state index contributed by atoms with van der Waals surface area (Å²) in [6.45, 7) is 3.71. The van der Waals surface area contributed by atoms with Crippen molar-refractivity contribution >= 4 is 23.5 Å². The van der Waals surface area contributed by atoms with E-state index < -0.39 is 0 Å². The van der Waals surface area contributed by atoms with E-state index in [1.54, 1.807) is 0 Å². The molecule has 86 valence electrons. The van der Waals surface area contributed by atoms with Gasteiger partial charge in [-0.2, -0.15) is 4.98 Å². The Morgan fingerprint density at radius 1 is 1.35 bits per heavy atom. The van der Waals surface area contributed by atoms with E-state index in [-0.39, 0.29) is 0 Å². The van der Waals surface area contributed by atoms with E-state index in [1.807, 2.05) is 30.6 Å². The summed E-state index contributed by atoms with van der Waals surface area (Å²) in [7, 11) is 0. The maximum Gasteiger partial charge on any atom is 0.306 e. The third-order valence-corrected chi connectivity index (χ3v) is 3.52. The zero-order valence-corrected chi connectivity index (χ0v) is 10.1. The Hall–Kier alpha value is -1.95. The topological polar surface area (TPSA) is 60.4 Å². The van der Waals surface area contributed by atoms with Gasteiger partial charge in [0.15, 0.2) is 17.1 Å². The molecule has 0 unspecified atom stereocenters. The lowest BCUT2D eigenvalue weighted by Gasteiger charge is -1.85. The van der Waals surface area contributed by atoms with Gasteiger partial charge in [-0.1, -0.05) is 0 Å². The molecule has 0 atom stereocenters. The van der Waals surface area contributed by atoms with Crippen LogP contribution < -0.4 is 0 Å². The van der Waals surface area contributed by atoms with E-state index in [0.717, 1.165) is 17.7 Å². The zero-order valence-electron chi connectivity index (χ0n) is 9.30. The number of thiazole rings is 1. The van der Waals surface area contributed by atoms with Crippen LogP contribution in [0.15, 0.2) is 16.8 Å². The highest BCUT2D eigenvalue weighted by atomic mass is 32.1. The number of hydrogen-bond donors (Lipinski definition) is 0. The lowest BCUT2D eigenvalue weighted by atomic mass is 10.4. The summed E-state index contributed by atoms with van der Waals surface area (Å²) in [4.78, 5) is 19.9. The number of nitrogens with zero attached hydrogens (tertiary/aromatic N) is 3. The van der Waals surface area contributed by atoms with Crippen LogP contribution >= 0.6 is 11.3 Å². The highest BCUT2D eigenvalue weighted by molar-refractivity contribution is 7.16. The van der Waals surface area contributed by atoms with Crippen LogP contribution in [-0.2, 0) is 0 Å². The highest BCUT2D eigenvalue weighted by Gasteiger charge is 2.14. The quantitative estimate of drug-likeness (QED) is 0.653. The second kappa shape index (κ2) is 3.53. The first-order valence-electron chi connectivity index (χ1n) is 5.05. The number of oxazole rings is 1. The summed E-state index contributed by atoms with van der Waals surface area (Å²) in [5.74, 6) is 1.17. The molecule has 0 saturated heterocycles. The summed E-state index contributed by atoms with van der Waals surface area (Å²) >= 11 is 1.32. The minimum absolute atomic E-state index is 0.540. The predicted molar refractivity (Wildman–Crippen MR) is 63.4 cm³/mol. The average molecular weight is 247 g/mol. The minimum Gasteiger partial charge on any atom is -0.420 e. The summed E-state index contributed by atoms with van der Waals surface area (Å²) < 4.78 is 7.38. The molecule has 0 aliphatic rings. The summed E-state index contributed by atoms with van der Waals surface area (Å²) in [6.07, 6.45) is 4.51. The maximum atomic E-state index is 10.8. The van der Waals surface area contributed by atoms with Crippen molar-refractivity contribution in [3.8, 4) is 10.8 Å². The van der Waals surface area contributed by atoms with Gasteiger partial charge in [0, 0.05) is 6.20 Å². The number of carbonyl (C=O) groups is 1. The molecule has 0 bridgehead atoms. The number of carbonyl (C=O) groups excluding carboxylic acids is 1. The maximum absolute atomic E-state index is 10.8. The van der Waals surface area contributed by atoms with Gasteiger partial charge in [-0.15, -0.1) is 11.3 Å². The van der Waals surface area contributed by atoms with Crippen molar-refractivity contribution in [3.05, 3.63) is 28.7 Å². The third kappa shape index (κ3) is 1.57. The molecule has 17 heavy (non-hydrogen) atoms. The van der Waals surface area contributed by atoms with Gasteiger partial charge in [0.1, 0.15) is 0 Å². The molecule has 0 saturated carbocycles. The molecule has 0 spiro atoms. The van der Waals surface area contributed by atoms with E-state index in [0.29, 0.717) is 21.5 Å². The first-order valence-corrected chi connectivity index (χ1v) is 5.87. The van der Waals surface area contributed by atoms with Crippen LogP contribution in [0.3, 0.4) is 0 Å². The number of fused-ring (bicyclic) bond motifs is 1. The predicted octanol–water partition coefficient (Wildman–Crippen LogP) is 2.48. The first kappa shape index (κ1) is 10.2. The molecule has 0 amide bonds. The normalized spacial score (nSPS) is 11.2. The van der Waals surface area contributed by atoms with Crippen molar-refractivity contribution in [3.63, 3.8) is 0 Å². The Morgan fingerprint density at radius 3 is 2.82 bits per heavy atom. The molecule has 0 N–H and O–H groups in total. The van der Waals surface area contributed by atoms with Crippen molar-refractivity contribution in [1.29, 1.82) is 0 Å². The van der Waals surface area contributed by atoms with Crippen LogP contribution in [0.25, 0.3) is 16.6 Å². The Kier molecular flexibility index (Phi) is 2.12. The molecule has 3 rings (SSSR count). The zero-order chi connectivity index (χ0) is 12.0. The first-order chi connectivity index (χ1) is 8.17. The van der Waals surface area contributed by atoms with Gasteiger partial charge in [0.2, 0.25) is 0 Å². The fourth-order valence-corrected chi connectivity index (χ4v) is 2.46. The highest BCUT2D eigenvalue weighted by Crippen LogP contribution is 2.28. The third-order valence-electron chi connectivity index (χ3n) is 2.43.